The van der Waals surface area contributed by atoms with Crippen LogP contribution in [0.1, 0.15) is 46.0 Å². The summed E-state index contributed by atoms with van der Waals surface area (Å²) in [6, 6.07) is 0. The van der Waals surface area contributed by atoms with E-state index in [9.17, 15) is 4.79 Å². The summed E-state index contributed by atoms with van der Waals surface area (Å²) in [7, 11) is 0. The molecule has 2 rings (SSSR count). The van der Waals surface area contributed by atoms with Gasteiger partial charge in [0.25, 0.3) is 0 Å². The quantitative estimate of drug-likeness (QED) is 0.697. The summed E-state index contributed by atoms with van der Waals surface area (Å²) in [5.41, 5.74) is 0.924. The van der Waals surface area contributed by atoms with Crippen molar-refractivity contribution in [2.75, 3.05) is 6.61 Å². The van der Waals surface area contributed by atoms with Gasteiger partial charge < -0.3 is 14.3 Å². The monoisotopic (exact) mass is 241 g/mol. The molecule has 5 heteroatoms. The molecule has 0 aromatic carbocycles. The molecule has 2 aliphatic rings. The van der Waals surface area contributed by atoms with Crippen LogP contribution in [0.25, 0.3) is 0 Å². The molecule has 1 fully saturated rings. The van der Waals surface area contributed by atoms with Crippen molar-refractivity contribution in [1.82, 2.24) is 0 Å². The third-order valence-electron chi connectivity index (χ3n) is 3.34. The maximum absolute atomic E-state index is 11.2. The summed E-state index contributed by atoms with van der Waals surface area (Å²) in [5.74, 6) is 0. The molecule has 17 heavy (non-hydrogen) atoms. The molecule has 0 radical (unpaired) electrons. The van der Waals surface area contributed by atoms with Gasteiger partial charge in [0.05, 0.1) is 12.3 Å². The van der Waals surface area contributed by atoms with E-state index in [0.29, 0.717) is 6.61 Å². The van der Waals surface area contributed by atoms with E-state index in [-0.39, 0.29) is 11.7 Å². The number of nitrogens with zero attached hydrogens (tertiary/aromatic N) is 1. The van der Waals surface area contributed by atoms with Crippen LogP contribution in [0.2, 0.25) is 0 Å². The van der Waals surface area contributed by atoms with E-state index in [1.54, 1.807) is 6.92 Å². The Labute approximate surface area is 101 Å². The molecule has 0 saturated heterocycles. The molecule has 0 bridgehead atoms. The van der Waals surface area contributed by atoms with Crippen molar-refractivity contribution in [2.24, 2.45) is 5.16 Å². The van der Waals surface area contributed by atoms with E-state index >= 15 is 0 Å². The molecular weight excluding hydrogens is 222 g/mol. The molecule has 5 nitrogen and oxygen atoms in total. The molecule has 1 aliphatic carbocycles. The zero-order valence-electron chi connectivity index (χ0n) is 10.4. The van der Waals surface area contributed by atoms with Gasteiger partial charge in [-0.05, 0) is 39.5 Å². The van der Waals surface area contributed by atoms with Crippen molar-refractivity contribution in [2.45, 2.75) is 57.7 Å². The van der Waals surface area contributed by atoms with Crippen molar-refractivity contribution in [3.8, 4) is 0 Å². The molecule has 0 N–H and O–H groups in total. The van der Waals surface area contributed by atoms with Crippen LogP contribution < -0.4 is 0 Å². The van der Waals surface area contributed by atoms with Gasteiger partial charge >= 0.3 is 6.16 Å². The predicted molar refractivity (Wildman–Crippen MR) is 61.9 cm³/mol. The highest BCUT2D eigenvalue weighted by molar-refractivity contribution is 5.83. The summed E-state index contributed by atoms with van der Waals surface area (Å²) in [6.07, 6.45) is 3.72. The molecule has 0 unspecified atom stereocenters. The highest BCUT2D eigenvalue weighted by Crippen LogP contribution is 2.39. The first-order valence-corrected chi connectivity index (χ1v) is 6.18. The molecule has 0 atom stereocenters. The van der Waals surface area contributed by atoms with Crippen molar-refractivity contribution in [1.29, 1.82) is 0 Å². The molecule has 0 amide bonds. The minimum absolute atomic E-state index is 0.0378. The normalized spacial score (nSPS) is 31.9. The molecule has 1 aliphatic heterocycles. The maximum Gasteiger partial charge on any atom is 0.508 e. The van der Waals surface area contributed by atoms with Crippen LogP contribution in [-0.2, 0) is 14.3 Å². The maximum atomic E-state index is 11.2. The van der Waals surface area contributed by atoms with Gasteiger partial charge in [-0.15, -0.1) is 0 Å². The highest BCUT2D eigenvalue weighted by atomic mass is 16.7. The van der Waals surface area contributed by atoms with Crippen LogP contribution in [0.3, 0.4) is 0 Å². The SMILES string of the molecule is CCOC(=O)OC1CCC2(CC1)CC(C)=NO2. The Kier molecular flexibility index (Phi) is 3.54. The average Bonchev–Trinajstić information content (AvgIpc) is 2.65. The summed E-state index contributed by atoms with van der Waals surface area (Å²) < 4.78 is 9.97. The first-order chi connectivity index (χ1) is 8.13. The molecule has 0 aromatic rings. The lowest BCUT2D eigenvalue weighted by atomic mass is 9.80. The van der Waals surface area contributed by atoms with Crippen LogP contribution in [0.5, 0.6) is 0 Å². The van der Waals surface area contributed by atoms with Crippen LogP contribution in [0.15, 0.2) is 5.16 Å². The van der Waals surface area contributed by atoms with E-state index in [4.69, 9.17) is 14.3 Å². The Morgan fingerprint density at radius 1 is 1.53 bits per heavy atom. The largest absolute Gasteiger partial charge is 0.508 e. The van der Waals surface area contributed by atoms with Gasteiger partial charge in [-0.2, -0.15) is 0 Å². The summed E-state index contributed by atoms with van der Waals surface area (Å²) in [4.78, 5) is 16.7. The Morgan fingerprint density at radius 2 is 2.24 bits per heavy atom. The number of ether oxygens (including phenoxy) is 2. The fraction of sp³-hybridized carbons (Fsp3) is 0.833. The lowest BCUT2D eigenvalue weighted by Gasteiger charge is -2.34. The first kappa shape index (κ1) is 12.2. The van der Waals surface area contributed by atoms with Crippen LogP contribution >= 0.6 is 0 Å². The topological polar surface area (TPSA) is 57.1 Å². The number of hydrogen-bond donors (Lipinski definition) is 0. The molecule has 96 valence electrons. The van der Waals surface area contributed by atoms with Crippen molar-refractivity contribution in [3.63, 3.8) is 0 Å². The minimum Gasteiger partial charge on any atom is -0.435 e. The summed E-state index contributed by atoms with van der Waals surface area (Å²) in [6.45, 7) is 4.10. The molecule has 0 aromatic heterocycles. The number of oxime groups is 1. The van der Waals surface area contributed by atoms with Gasteiger partial charge in [0.1, 0.15) is 11.7 Å². The molecule has 1 spiro atoms. The fourth-order valence-corrected chi connectivity index (χ4v) is 2.50. The number of carbonyl (C=O) groups excluding carboxylic acids is 1. The van der Waals surface area contributed by atoms with E-state index in [0.717, 1.165) is 37.8 Å². The smallest absolute Gasteiger partial charge is 0.435 e. The van der Waals surface area contributed by atoms with Crippen molar-refractivity contribution >= 4 is 11.9 Å². The van der Waals surface area contributed by atoms with E-state index < -0.39 is 6.16 Å². The van der Waals surface area contributed by atoms with E-state index in [2.05, 4.69) is 5.16 Å². The average molecular weight is 241 g/mol. The summed E-state index contributed by atoms with van der Waals surface area (Å²) in [5, 5.41) is 4.01. The van der Waals surface area contributed by atoms with Crippen molar-refractivity contribution in [3.05, 3.63) is 0 Å². The molecule has 1 saturated carbocycles. The zero-order valence-corrected chi connectivity index (χ0v) is 10.4. The zero-order chi connectivity index (χ0) is 12.3. The first-order valence-electron chi connectivity index (χ1n) is 6.18. The lowest BCUT2D eigenvalue weighted by Crippen LogP contribution is -2.37. The van der Waals surface area contributed by atoms with Crippen LogP contribution in [0.4, 0.5) is 4.79 Å². The highest BCUT2D eigenvalue weighted by Gasteiger charge is 2.42. The van der Waals surface area contributed by atoms with Crippen molar-refractivity contribution < 1.29 is 19.1 Å². The molecule has 1 heterocycles. The van der Waals surface area contributed by atoms with Gasteiger partial charge in [0.15, 0.2) is 0 Å². The van der Waals surface area contributed by atoms with Gasteiger partial charge in [-0.25, -0.2) is 4.79 Å². The molecular formula is C12H19NO4. The predicted octanol–water partition coefficient (Wildman–Crippen LogP) is 2.64. The third-order valence-corrected chi connectivity index (χ3v) is 3.34. The lowest BCUT2D eigenvalue weighted by molar-refractivity contribution is -0.0763. The summed E-state index contributed by atoms with van der Waals surface area (Å²) >= 11 is 0. The Balaban J connectivity index is 1.77. The Hall–Kier alpha value is -1.26. The standard InChI is InChI=1S/C12H19NO4/c1-3-15-11(14)16-10-4-6-12(7-5-10)8-9(2)13-17-12/h10H,3-8H2,1-2H3. The number of rotatable bonds is 2. The van der Waals surface area contributed by atoms with Gasteiger partial charge in [0.2, 0.25) is 0 Å². The second kappa shape index (κ2) is 4.94. The Bertz CT molecular complexity index is 318. The van der Waals surface area contributed by atoms with Gasteiger partial charge in [-0.3, -0.25) is 0 Å². The van der Waals surface area contributed by atoms with E-state index in [1.807, 2.05) is 6.92 Å². The second-order valence-electron chi connectivity index (χ2n) is 4.78. The van der Waals surface area contributed by atoms with Crippen LogP contribution in [-0.4, -0.2) is 30.2 Å². The van der Waals surface area contributed by atoms with Crippen LogP contribution in [0, 0.1) is 0 Å². The number of carbonyl (C=O) groups is 1. The second-order valence-corrected chi connectivity index (χ2v) is 4.78. The number of hydrogen-bond acceptors (Lipinski definition) is 5. The fourth-order valence-electron chi connectivity index (χ4n) is 2.50. The van der Waals surface area contributed by atoms with E-state index in [1.165, 1.54) is 0 Å². The Morgan fingerprint density at radius 3 is 2.76 bits per heavy atom. The third kappa shape index (κ3) is 2.90. The minimum atomic E-state index is -0.562. The van der Waals surface area contributed by atoms with Gasteiger partial charge in [0, 0.05) is 6.42 Å². The van der Waals surface area contributed by atoms with Gasteiger partial charge in [-0.1, -0.05) is 5.16 Å².